The van der Waals surface area contributed by atoms with Gasteiger partial charge in [0, 0.05) is 5.02 Å². The number of hydrogen-bond acceptors (Lipinski definition) is 0. The van der Waals surface area contributed by atoms with Crippen LogP contribution in [0.2, 0.25) is 5.02 Å². The second-order valence-corrected chi connectivity index (χ2v) is 6.59. The molecular formula is C17H15BrClF. The standard InChI is InChI=1S/C17H15BrClF/c18-17(15-8-7-14(20)10-16(15)19)13-6-5-11-3-1-2-4-12(11)9-13/h5-10,17H,1-4H2. The van der Waals surface area contributed by atoms with E-state index in [9.17, 15) is 4.39 Å². The summed E-state index contributed by atoms with van der Waals surface area (Å²) in [6.45, 7) is 0. The van der Waals surface area contributed by atoms with E-state index >= 15 is 0 Å². The van der Waals surface area contributed by atoms with Gasteiger partial charge in [-0.25, -0.2) is 4.39 Å². The normalized spacial score (nSPS) is 15.8. The SMILES string of the molecule is Fc1ccc(C(Br)c2ccc3c(c2)CCCC3)c(Cl)c1. The zero-order valence-electron chi connectivity index (χ0n) is 11.0. The topological polar surface area (TPSA) is 0 Å². The highest BCUT2D eigenvalue weighted by Crippen LogP contribution is 2.37. The van der Waals surface area contributed by atoms with Crippen molar-refractivity contribution in [2.24, 2.45) is 0 Å². The van der Waals surface area contributed by atoms with Crippen molar-refractivity contribution >= 4 is 27.5 Å². The average molecular weight is 354 g/mol. The van der Waals surface area contributed by atoms with Crippen molar-refractivity contribution in [3.63, 3.8) is 0 Å². The van der Waals surface area contributed by atoms with Crippen molar-refractivity contribution < 1.29 is 4.39 Å². The second-order valence-electron chi connectivity index (χ2n) is 5.26. The van der Waals surface area contributed by atoms with Crippen molar-refractivity contribution in [3.05, 3.63) is 69.5 Å². The molecule has 1 aliphatic rings. The number of alkyl halides is 1. The second kappa shape index (κ2) is 5.87. The fourth-order valence-corrected chi connectivity index (χ4v) is 3.89. The van der Waals surface area contributed by atoms with Gasteiger partial charge in [0.2, 0.25) is 0 Å². The van der Waals surface area contributed by atoms with Gasteiger partial charge in [-0.1, -0.05) is 51.8 Å². The predicted molar refractivity (Wildman–Crippen MR) is 85.3 cm³/mol. The highest BCUT2D eigenvalue weighted by atomic mass is 79.9. The van der Waals surface area contributed by atoms with E-state index in [-0.39, 0.29) is 10.6 Å². The third kappa shape index (κ3) is 2.77. The molecule has 1 unspecified atom stereocenters. The lowest BCUT2D eigenvalue weighted by Crippen LogP contribution is -2.04. The molecule has 104 valence electrons. The number of aryl methyl sites for hydroxylation is 2. The van der Waals surface area contributed by atoms with Crippen LogP contribution in [-0.4, -0.2) is 0 Å². The van der Waals surface area contributed by atoms with Crippen molar-refractivity contribution in [1.82, 2.24) is 0 Å². The number of benzene rings is 2. The summed E-state index contributed by atoms with van der Waals surface area (Å²) in [7, 11) is 0. The Morgan fingerprint density at radius 2 is 1.75 bits per heavy atom. The fraction of sp³-hybridized carbons (Fsp3) is 0.294. The van der Waals surface area contributed by atoms with Gasteiger partial charge in [0.15, 0.2) is 0 Å². The summed E-state index contributed by atoms with van der Waals surface area (Å²) in [5.41, 5.74) is 4.99. The summed E-state index contributed by atoms with van der Waals surface area (Å²) in [6.07, 6.45) is 4.88. The molecule has 0 N–H and O–H groups in total. The number of hydrogen-bond donors (Lipinski definition) is 0. The van der Waals surface area contributed by atoms with Crippen LogP contribution in [0.15, 0.2) is 36.4 Å². The Morgan fingerprint density at radius 3 is 2.50 bits per heavy atom. The van der Waals surface area contributed by atoms with E-state index < -0.39 is 0 Å². The molecule has 0 amide bonds. The van der Waals surface area contributed by atoms with Crippen molar-refractivity contribution in [2.75, 3.05) is 0 Å². The van der Waals surface area contributed by atoms with Gasteiger partial charge in [0.1, 0.15) is 5.82 Å². The molecule has 1 atom stereocenters. The average Bonchev–Trinajstić information content (AvgIpc) is 2.46. The maximum Gasteiger partial charge on any atom is 0.124 e. The van der Waals surface area contributed by atoms with Crippen LogP contribution in [0.5, 0.6) is 0 Å². The minimum atomic E-state index is -0.302. The molecule has 2 aromatic carbocycles. The first kappa shape index (κ1) is 14.1. The molecule has 0 saturated carbocycles. The highest BCUT2D eigenvalue weighted by Gasteiger charge is 2.17. The summed E-state index contributed by atoms with van der Waals surface area (Å²) in [4.78, 5) is 0.00262. The highest BCUT2D eigenvalue weighted by molar-refractivity contribution is 9.09. The van der Waals surface area contributed by atoms with Gasteiger partial charge in [-0.3, -0.25) is 0 Å². The Kier molecular flexibility index (Phi) is 4.13. The molecule has 0 heterocycles. The third-order valence-electron chi connectivity index (χ3n) is 3.90. The molecule has 0 saturated heterocycles. The van der Waals surface area contributed by atoms with Crippen molar-refractivity contribution in [1.29, 1.82) is 0 Å². The maximum absolute atomic E-state index is 13.1. The third-order valence-corrected chi connectivity index (χ3v) is 5.25. The summed E-state index contributed by atoms with van der Waals surface area (Å²) in [5.74, 6) is -0.302. The summed E-state index contributed by atoms with van der Waals surface area (Å²) >= 11 is 9.84. The maximum atomic E-state index is 13.1. The van der Waals surface area contributed by atoms with Crippen LogP contribution in [0, 0.1) is 5.82 Å². The molecule has 0 radical (unpaired) electrons. The van der Waals surface area contributed by atoms with E-state index in [1.54, 1.807) is 6.07 Å². The van der Waals surface area contributed by atoms with Gasteiger partial charge in [0.25, 0.3) is 0 Å². The van der Waals surface area contributed by atoms with Gasteiger partial charge >= 0.3 is 0 Å². The van der Waals surface area contributed by atoms with Crippen LogP contribution in [0.3, 0.4) is 0 Å². The van der Waals surface area contributed by atoms with Crippen LogP contribution in [-0.2, 0) is 12.8 Å². The Bertz CT molecular complexity index is 639. The van der Waals surface area contributed by atoms with E-state index in [0.717, 1.165) is 12.0 Å². The number of rotatable bonds is 2. The van der Waals surface area contributed by atoms with Crippen molar-refractivity contribution in [2.45, 2.75) is 30.5 Å². The Hall–Kier alpha value is -0.860. The predicted octanol–water partition coefficient (Wildman–Crippen LogP) is 5.84. The zero-order chi connectivity index (χ0) is 14.1. The molecule has 1 aliphatic carbocycles. The monoisotopic (exact) mass is 352 g/mol. The molecule has 2 aromatic rings. The fourth-order valence-electron chi connectivity index (χ4n) is 2.80. The quantitative estimate of drug-likeness (QED) is 0.595. The van der Waals surface area contributed by atoms with E-state index in [2.05, 4.69) is 34.1 Å². The number of fused-ring (bicyclic) bond motifs is 1. The molecule has 0 nitrogen and oxygen atoms in total. The van der Waals surface area contributed by atoms with Crippen LogP contribution in [0.4, 0.5) is 4.39 Å². The Morgan fingerprint density at radius 1 is 1.00 bits per heavy atom. The number of halogens is 3. The van der Waals surface area contributed by atoms with E-state index in [4.69, 9.17) is 11.6 Å². The summed E-state index contributed by atoms with van der Waals surface area (Å²) in [5, 5.41) is 0.463. The minimum absolute atomic E-state index is 0.00262. The molecule has 0 bridgehead atoms. The summed E-state index contributed by atoms with van der Waals surface area (Å²) in [6, 6.07) is 11.2. The Balaban J connectivity index is 1.95. The molecule has 3 heteroatoms. The lowest BCUT2D eigenvalue weighted by atomic mass is 9.89. The van der Waals surface area contributed by atoms with Gasteiger partial charge in [-0.15, -0.1) is 0 Å². The smallest absolute Gasteiger partial charge is 0.124 e. The van der Waals surface area contributed by atoms with Gasteiger partial charge in [-0.2, -0.15) is 0 Å². The van der Waals surface area contributed by atoms with Gasteiger partial charge < -0.3 is 0 Å². The van der Waals surface area contributed by atoms with Crippen LogP contribution < -0.4 is 0 Å². The molecule has 0 fully saturated rings. The van der Waals surface area contributed by atoms with Crippen molar-refractivity contribution in [3.8, 4) is 0 Å². The molecule has 0 aromatic heterocycles. The van der Waals surface area contributed by atoms with E-state index in [1.807, 2.05) is 0 Å². The molecule has 0 aliphatic heterocycles. The lowest BCUT2D eigenvalue weighted by molar-refractivity contribution is 0.627. The molecule has 20 heavy (non-hydrogen) atoms. The lowest BCUT2D eigenvalue weighted by Gasteiger charge is -2.19. The largest absolute Gasteiger partial charge is 0.207 e. The van der Waals surface area contributed by atoms with Gasteiger partial charge in [0.05, 0.1) is 4.83 Å². The first-order chi connectivity index (χ1) is 9.65. The molecule has 0 spiro atoms. The van der Waals surface area contributed by atoms with Crippen LogP contribution in [0.1, 0.15) is 39.9 Å². The molecular weight excluding hydrogens is 339 g/mol. The minimum Gasteiger partial charge on any atom is -0.207 e. The van der Waals surface area contributed by atoms with Crippen LogP contribution >= 0.6 is 27.5 Å². The van der Waals surface area contributed by atoms with E-state index in [0.29, 0.717) is 5.02 Å². The van der Waals surface area contributed by atoms with E-state index in [1.165, 1.54) is 48.1 Å². The first-order valence-corrected chi connectivity index (χ1v) is 8.15. The zero-order valence-corrected chi connectivity index (χ0v) is 13.3. The van der Waals surface area contributed by atoms with Gasteiger partial charge in [-0.05, 0) is 60.1 Å². The summed E-state index contributed by atoms with van der Waals surface area (Å²) < 4.78 is 13.1. The van der Waals surface area contributed by atoms with Crippen LogP contribution in [0.25, 0.3) is 0 Å². The Labute approximate surface area is 132 Å². The molecule has 3 rings (SSSR count). The first-order valence-electron chi connectivity index (χ1n) is 6.86.